The van der Waals surface area contributed by atoms with Gasteiger partial charge in [0.15, 0.2) is 0 Å². The Labute approximate surface area is 95.5 Å². The van der Waals surface area contributed by atoms with Gasteiger partial charge in [0.25, 0.3) is 0 Å². The molecule has 0 aliphatic heterocycles. The summed E-state index contributed by atoms with van der Waals surface area (Å²) >= 11 is 5.18. The molecule has 14 heavy (non-hydrogen) atoms. The van der Waals surface area contributed by atoms with Crippen molar-refractivity contribution in [2.45, 2.75) is 0 Å². The van der Waals surface area contributed by atoms with Crippen LogP contribution in [0.5, 0.6) is 5.75 Å². The Balaban J connectivity index is 2.33. The highest BCUT2D eigenvalue weighted by atomic mass is 79.9. The number of thiophene rings is 1. The maximum absolute atomic E-state index is 5.10. The summed E-state index contributed by atoms with van der Waals surface area (Å²) in [4.78, 5) is 1.26. The van der Waals surface area contributed by atoms with Crippen molar-refractivity contribution in [1.29, 1.82) is 0 Å². The van der Waals surface area contributed by atoms with E-state index in [1.165, 1.54) is 10.4 Å². The lowest BCUT2D eigenvalue weighted by Crippen LogP contribution is -1.81. The van der Waals surface area contributed by atoms with Crippen molar-refractivity contribution in [3.8, 4) is 16.2 Å². The van der Waals surface area contributed by atoms with Crippen LogP contribution in [0.25, 0.3) is 10.4 Å². The van der Waals surface area contributed by atoms with Gasteiger partial charge in [0, 0.05) is 4.88 Å². The average molecular weight is 269 g/mol. The summed E-state index contributed by atoms with van der Waals surface area (Å²) in [6.07, 6.45) is 0. The van der Waals surface area contributed by atoms with E-state index in [1.807, 2.05) is 12.1 Å². The summed E-state index contributed by atoms with van der Waals surface area (Å²) < 4.78 is 6.26. The van der Waals surface area contributed by atoms with Crippen LogP contribution in [0.2, 0.25) is 0 Å². The van der Waals surface area contributed by atoms with E-state index in [-0.39, 0.29) is 0 Å². The van der Waals surface area contributed by atoms with E-state index in [0.717, 1.165) is 9.54 Å². The zero-order chi connectivity index (χ0) is 9.97. The molecular weight excluding hydrogens is 260 g/mol. The normalized spacial score (nSPS) is 10.1. The Bertz CT molecular complexity index is 419. The van der Waals surface area contributed by atoms with Crippen molar-refractivity contribution in [2.24, 2.45) is 0 Å². The van der Waals surface area contributed by atoms with Crippen LogP contribution >= 0.6 is 27.3 Å². The van der Waals surface area contributed by atoms with Gasteiger partial charge in [-0.05, 0) is 57.9 Å². The minimum Gasteiger partial charge on any atom is -0.497 e. The summed E-state index contributed by atoms with van der Waals surface area (Å²) in [6.45, 7) is 0. The molecule has 0 amide bonds. The van der Waals surface area contributed by atoms with Crippen LogP contribution in [-0.4, -0.2) is 7.11 Å². The predicted octanol–water partition coefficient (Wildman–Crippen LogP) is 4.19. The Morgan fingerprint density at radius 1 is 1.07 bits per heavy atom. The van der Waals surface area contributed by atoms with Crippen molar-refractivity contribution >= 4 is 27.3 Å². The van der Waals surface area contributed by atoms with Crippen LogP contribution in [0.1, 0.15) is 0 Å². The Hall–Kier alpha value is -0.800. The maximum Gasteiger partial charge on any atom is 0.118 e. The summed E-state index contributed by atoms with van der Waals surface area (Å²) in [5.74, 6) is 0.893. The van der Waals surface area contributed by atoms with Gasteiger partial charge in [-0.1, -0.05) is 0 Å². The first-order valence-corrected chi connectivity index (χ1v) is 5.80. The third-order valence-electron chi connectivity index (χ3n) is 1.95. The quantitative estimate of drug-likeness (QED) is 0.794. The lowest BCUT2D eigenvalue weighted by molar-refractivity contribution is 0.415. The van der Waals surface area contributed by atoms with Gasteiger partial charge in [0.05, 0.1) is 10.9 Å². The van der Waals surface area contributed by atoms with Gasteiger partial charge in [-0.2, -0.15) is 0 Å². The first-order valence-electron chi connectivity index (χ1n) is 4.19. The van der Waals surface area contributed by atoms with E-state index in [1.54, 1.807) is 18.4 Å². The van der Waals surface area contributed by atoms with Crippen LogP contribution in [0.3, 0.4) is 0 Å². The Kier molecular flexibility index (Phi) is 2.89. The molecule has 0 aliphatic carbocycles. The van der Waals surface area contributed by atoms with Gasteiger partial charge >= 0.3 is 0 Å². The van der Waals surface area contributed by atoms with Crippen LogP contribution in [-0.2, 0) is 0 Å². The van der Waals surface area contributed by atoms with Gasteiger partial charge in [0.1, 0.15) is 5.75 Å². The second-order valence-electron chi connectivity index (χ2n) is 2.83. The standard InChI is InChI=1S/C11H9BrOS/c1-13-9-4-2-8(3-5-9)10-6-7-11(12)14-10/h2-7H,1H3. The fraction of sp³-hybridized carbons (Fsp3) is 0.0909. The number of rotatable bonds is 2. The molecule has 1 aromatic heterocycles. The number of hydrogen-bond donors (Lipinski definition) is 0. The molecule has 2 aromatic rings. The van der Waals surface area contributed by atoms with Crippen molar-refractivity contribution < 1.29 is 4.74 Å². The lowest BCUT2D eigenvalue weighted by atomic mass is 10.2. The van der Waals surface area contributed by atoms with Gasteiger partial charge in [0.2, 0.25) is 0 Å². The molecule has 1 heterocycles. The third-order valence-corrected chi connectivity index (χ3v) is 3.62. The molecule has 1 nitrogen and oxygen atoms in total. The maximum atomic E-state index is 5.10. The molecule has 0 spiro atoms. The summed E-state index contributed by atoms with van der Waals surface area (Å²) in [5.41, 5.74) is 1.22. The molecule has 0 fully saturated rings. The molecule has 0 N–H and O–H groups in total. The zero-order valence-electron chi connectivity index (χ0n) is 7.66. The fourth-order valence-corrected chi connectivity index (χ4v) is 2.62. The monoisotopic (exact) mass is 268 g/mol. The second-order valence-corrected chi connectivity index (χ2v) is 5.30. The lowest BCUT2D eigenvalue weighted by Gasteiger charge is -2.00. The zero-order valence-corrected chi connectivity index (χ0v) is 10.1. The van der Waals surface area contributed by atoms with Crippen molar-refractivity contribution in [3.63, 3.8) is 0 Å². The van der Waals surface area contributed by atoms with E-state index in [4.69, 9.17) is 4.74 Å². The van der Waals surface area contributed by atoms with E-state index in [9.17, 15) is 0 Å². The molecule has 1 aromatic carbocycles. The van der Waals surface area contributed by atoms with Gasteiger partial charge in [-0.15, -0.1) is 11.3 Å². The highest BCUT2D eigenvalue weighted by Crippen LogP contribution is 2.31. The minimum absolute atomic E-state index is 0.893. The smallest absolute Gasteiger partial charge is 0.118 e. The highest BCUT2D eigenvalue weighted by Gasteiger charge is 2.00. The number of hydrogen-bond acceptors (Lipinski definition) is 2. The van der Waals surface area contributed by atoms with Gasteiger partial charge in [-0.25, -0.2) is 0 Å². The van der Waals surface area contributed by atoms with Gasteiger partial charge in [-0.3, -0.25) is 0 Å². The van der Waals surface area contributed by atoms with Crippen LogP contribution in [0, 0.1) is 0 Å². The van der Waals surface area contributed by atoms with Crippen molar-refractivity contribution in [2.75, 3.05) is 7.11 Å². The first kappa shape index (κ1) is 9.74. The van der Waals surface area contributed by atoms with E-state index >= 15 is 0 Å². The number of methoxy groups -OCH3 is 1. The highest BCUT2D eigenvalue weighted by molar-refractivity contribution is 9.11. The summed E-state index contributed by atoms with van der Waals surface area (Å²) in [7, 11) is 1.68. The van der Waals surface area contributed by atoms with E-state index in [0.29, 0.717) is 0 Å². The molecule has 0 radical (unpaired) electrons. The van der Waals surface area contributed by atoms with Crippen LogP contribution in [0.15, 0.2) is 40.2 Å². The Morgan fingerprint density at radius 2 is 1.79 bits per heavy atom. The molecule has 3 heteroatoms. The SMILES string of the molecule is COc1ccc(-c2ccc(Br)s2)cc1. The number of ether oxygens (including phenoxy) is 1. The third kappa shape index (κ3) is 1.99. The second kappa shape index (κ2) is 4.15. The Morgan fingerprint density at radius 3 is 2.29 bits per heavy atom. The molecular formula is C11H9BrOS. The molecule has 0 saturated carbocycles. The molecule has 0 unspecified atom stereocenters. The van der Waals surface area contributed by atoms with E-state index < -0.39 is 0 Å². The topological polar surface area (TPSA) is 9.23 Å². The van der Waals surface area contributed by atoms with Crippen LogP contribution < -0.4 is 4.74 Å². The molecule has 2 rings (SSSR count). The van der Waals surface area contributed by atoms with Gasteiger partial charge < -0.3 is 4.74 Å². The molecule has 0 atom stereocenters. The average Bonchev–Trinajstić information content (AvgIpc) is 2.65. The molecule has 0 bridgehead atoms. The van der Waals surface area contributed by atoms with Crippen LogP contribution in [0.4, 0.5) is 0 Å². The predicted molar refractivity (Wildman–Crippen MR) is 64.0 cm³/mol. The number of benzene rings is 1. The number of halogens is 1. The first-order chi connectivity index (χ1) is 6.79. The largest absolute Gasteiger partial charge is 0.497 e. The molecule has 0 aliphatic rings. The van der Waals surface area contributed by atoms with Crippen molar-refractivity contribution in [3.05, 3.63) is 40.2 Å². The van der Waals surface area contributed by atoms with Crippen molar-refractivity contribution in [1.82, 2.24) is 0 Å². The van der Waals surface area contributed by atoms with E-state index in [2.05, 4.69) is 40.2 Å². The summed E-state index contributed by atoms with van der Waals surface area (Å²) in [6, 6.07) is 12.3. The minimum atomic E-state index is 0.893. The molecule has 0 saturated heterocycles. The molecule has 72 valence electrons. The summed E-state index contributed by atoms with van der Waals surface area (Å²) in [5, 5.41) is 0. The fourth-order valence-electron chi connectivity index (χ4n) is 1.22.